The Kier molecular flexibility index (Phi) is 4.99. The second-order valence-corrected chi connectivity index (χ2v) is 4.04. The van der Waals surface area contributed by atoms with Gasteiger partial charge in [0.25, 0.3) is 0 Å². The summed E-state index contributed by atoms with van der Waals surface area (Å²) in [5.41, 5.74) is 0. The number of likely N-dealkylation sites (tertiary alicyclic amines) is 1. The number of hydrogen-bond donors (Lipinski definition) is 2. The average Bonchev–Trinajstić information content (AvgIpc) is 2.23. The van der Waals surface area contributed by atoms with Crippen molar-refractivity contribution in [2.45, 2.75) is 12.8 Å². The predicted molar refractivity (Wildman–Crippen MR) is 60.5 cm³/mol. The Hall–Kier alpha value is -1.21. The topological polar surface area (TPSA) is 44.4 Å². The van der Waals surface area contributed by atoms with Crippen molar-refractivity contribution in [1.82, 2.24) is 15.5 Å². The lowest BCUT2D eigenvalue weighted by molar-refractivity contribution is 0.202. The maximum absolute atomic E-state index is 11.2. The Balaban J connectivity index is 2.13. The molecule has 0 saturated carbocycles. The predicted octanol–water partition coefficient (Wildman–Crippen LogP) is 0.261. The molecule has 15 heavy (non-hydrogen) atoms. The van der Waals surface area contributed by atoms with E-state index in [-0.39, 0.29) is 12.6 Å². The van der Waals surface area contributed by atoms with Crippen molar-refractivity contribution in [3.05, 3.63) is 0 Å². The zero-order valence-corrected chi connectivity index (χ0v) is 9.25. The van der Waals surface area contributed by atoms with Crippen molar-refractivity contribution in [2.24, 2.45) is 5.92 Å². The van der Waals surface area contributed by atoms with Crippen LogP contribution < -0.4 is 10.6 Å². The summed E-state index contributed by atoms with van der Waals surface area (Å²) >= 11 is 0. The second-order valence-electron chi connectivity index (χ2n) is 4.04. The first-order chi connectivity index (χ1) is 7.22. The van der Waals surface area contributed by atoms with E-state index in [4.69, 9.17) is 6.42 Å². The number of urea groups is 1. The van der Waals surface area contributed by atoms with Crippen LogP contribution in [-0.2, 0) is 0 Å². The fraction of sp³-hybridized carbons (Fsp3) is 0.727. The van der Waals surface area contributed by atoms with E-state index >= 15 is 0 Å². The molecule has 2 N–H and O–H groups in total. The van der Waals surface area contributed by atoms with Crippen LogP contribution in [0.15, 0.2) is 0 Å². The number of amides is 2. The van der Waals surface area contributed by atoms with Gasteiger partial charge in [-0.3, -0.25) is 0 Å². The molecule has 1 rings (SSSR count). The van der Waals surface area contributed by atoms with Crippen molar-refractivity contribution in [3.63, 3.8) is 0 Å². The van der Waals surface area contributed by atoms with Crippen LogP contribution in [0.2, 0.25) is 0 Å². The van der Waals surface area contributed by atoms with Crippen LogP contribution in [0, 0.1) is 18.3 Å². The second kappa shape index (κ2) is 6.31. The van der Waals surface area contributed by atoms with Gasteiger partial charge >= 0.3 is 6.03 Å². The van der Waals surface area contributed by atoms with E-state index in [0.29, 0.717) is 5.92 Å². The quantitative estimate of drug-likeness (QED) is 0.655. The SMILES string of the molecule is C#CCNC(=O)NCC1CCCN(C)C1. The summed E-state index contributed by atoms with van der Waals surface area (Å²) in [5, 5.41) is 5.42. The summed E-state index contributed by atoms with van der Waals surface area (Å²) in [6.45, 7) is 3.26. The first kappa shape index (κ1) is 11.9. The van der Waals surface area contributed by atoms with Gasteiger partial charge < -0.3 is 15.5 Å². The molecule has 84 valence electrons. The zero-order chi connectivity index (χ0) is 11.1. The lowest BCUT2D eigenvalue weighted by Crippen LogP contribution is -2.42. The summed E-state index contributed by atoms with van der Waals surface area (Å²) in [7, 11) is 2.12. The third-order valence-electron chi connectivity index (χ3n) is 2.62. The van der Waals surface area contributed by atoms with Gasteiger partial charge in [0, 0.05) is 13.1 Å². The van der Waals surface area contributed by atoms with Crippen molar-refractivity contribution < 1.29 is 4.79 Å². The molecule has 0 spiro atoms. The van der Waals surface area contributed by atoms with Gasteiger partial charge in [0.2, 0.25) is 0 Å². The van der Waals surface area contributed by atoms with Crippen LogP contribution in [0.1, 0.15) is 12.8 Å². The summed E-state index contributed by atoms with van der Waals surface area (Å²) in [6, 6.07) is -0.166. The molecule has 1 aliphatic rings. The Morgan fingerprint density at radius 1 is 1.60 bits per heavy atom. The van der Waals surface area contributed by atoms with E-state index in [0.717, 1.165) is 13.1 Å². The average molecular weight is 209 g/mol. The molecule has 0 aromatic heterocycles. The summed E-state index contributed by atoms with van der Waals surface area (Å²) in [4.78, 5) is 13.5. The molecule has 0 radical (unpaired) electrons. The largest absolute Gasteiger partial charge is 0.338 e. The standard InChI is InChI=1S/C11H19N3O/c1-3-6-12-11(15)13-8-10-5-4-7-14(2)9-10/h1,10H,4-9H2,2H3,(H2,12,13,15). The van der Waals surface area contributed by atoms with E-state index in [1.165, 1.54) is 19.4 Å². The minimum atomic E-state index is -0.166. The lowest BCUT2D eigenvalue weighted by Gasteiger charge is -2.29. The number of nitrogens with zero attached hydrogens (tertiary/aromatic N) is 1. The molecule has 1 saturated heterocycles. The summed E-state index contributed by atoms with van der Waals surface area (Å²) in [5.74, 6) is 2.93. The van der Waals surface area contributed by atoms with Gasteiger partial charge in [0.15, 0.2) is 0 Å². The van der Waals surface area contributed by atoms with Crippen LogP contribution in [0.4, 0.5) is 4.79 Å². The maximum Gasteiger partial charge on any atom is 0.315 e. The smallest absolute Gasteiger partial charge is 0.315 e. The van der Waals surface area contributed by atoms with Crippen LogP contribution >= 0.6 is 0 Å². The lowest BCUT2D eigenvalue weighted by atomic mass is 9.99. The molecular formula is C11H19N3O. The van der Waals surface area contributed by atoms with Crippen molar-refractivity contribution in [1.29, 1.82) is 0 Å². The van der Waals surface area contributed by atoms with Crippen LogP contribution in [0.25, 0.3) is 0 Å². The van der Waals surface area contributed by atoms with E-state index in [9.17, 15) is 4.79 Å². The molecule has 0 aromatic carbocycles. The van der Waals surface area contributed by atoms with Crippen LogP contribution in [-0.4, -0.2) is 44.2 Å². The van der Waals surface area contributed by atoms with Gasteiger partial charge in [0.1, 0.15) is 0 Å². The highest BCUT2D eigenvalue weighted by Gasteiger charge is 2.17. The highest BCUT2D eigenvalue weighted by atomic mass is 16.2. The fourth-order valence-electron chi connectivity index (χ4n) is 1.87. The normalized spacial score (nSPS) is 21.7. The van der Waals surface area contributed by atoms with Gasteiger partial charge in [0.05, 0.1) is 6.54 Å². The van der Waals surface area contributed by atoms with E-state index in [1.54, 1.807) is 0 Å². The fourth-order valence-corrected chi connectivity index (χ4v) is 1.87. The molecule has 1 heterocycles. The molecule has 1 atom stereocenters. The highest BCUT2D eigenvalue weighted by Crippen LogP contribution is 2.13. The molecule has 0 bridgehead atoms. The number of nitrogens with one attached hydrogen (secondary N) is 2. The third kappa shape index (κ3) is 4.71. The number of carbonyl (C=O) groups excluding carboxylic acids is 1. The number of piperidine rings is 1. The molecule has 1 aliphatic heterocycles. The zero-order valence-electron chi connectivity index (χ0n) is 9.25. The number of terminal acetylenes is 1. The Morgan fingerprint density at radius 2 is 2.40 bits per heavy atom. The monoisotopic (exact) mass is 209 g/mol. The number of hydrogen-bond acceptors (Lipinski definition) is 2. The van der Waals surface area contributed by atoms with Crippen molar-refractivity contribution >= 4 is 6.03 Å². The third-order valence-corrected chi connectivity index (χ3v) is 2.62. The maximum atomic E-state index is 11.2. The van der Waals surface area contributed by atoms with Crippen molar-refractivity contribution in [2.75, 3.05) is 33.2 Å². The van der Waals surface area contributed by atoms with Crippen LogP contribution in [0.3, 0.4) is 0 Å². The highest BCUT2D eigenvalue weighted by molar-refractivity contribution is 5.74. The molecule has 4 heteroatoms. The van der Waals surface area contributed by atoms with E-state index < -0.39 is 0 Å². The van der Waals surface area contributed by atoms with Gasteiger partial charge in [-0.1, -0.05) is 5.92 Å². The molecule has 0 aromatic rings. The molecular weight excluding hydrogens is 190 g/mol. The summed E-state index contributed by atoms with van der Waals surface area (Å²) in [6.07, 6.45) is 7.45. The van der Waals surface area contributed by atoms with E-state index in [1.807, 2.05) is 0 Å². The van der Waals surface area contributed by atoms with Gasteiger partial charge in [-0.2, -0.15) is 0 Å². The van der Waals surface area contributed by atoms with Crippen molar-refractivity contribution in [3.8, 4) is 12.3 Å². The Labute approximate surface area is 91.4 Å². The Morgan fingerprint density at radius 3 is 3.07 bits per heavy atom. The van der Waals surface area contributed by atoms with Crippen LogP contribution in [0.5, 0.6) is 0 Å². The molecule has 2 amide bonds. The molecule has 1 unspecified atom stereocenters. The first-order valence-electron chi connectivity index (χ1n) is 5.36. The van der Waals surface area contributed by atoms with Gasteiger partial charge in [-0.25, -0.2) is 4.79 Å². The molecule has 0 aliphatic carbocycles. The first-order valence-corrected chi connectivity index (χ1v) is 5.36. The molecule has 4 nitrogen and oxygen atoms in total. The summed E-state index contributed by atoms with van der Waals surface area (Å²) < 4.78 is 0. The minimum absolute atomic E-state index is 0.166. The van der Waals surface area contributed by atoms with E-state index in [2.05, 4.69) is 28.5 Å². The van der Waals surface area contributed by atoms with Gasteiger partial charge in [-0.15, -0.1) is 6.42 Å². The minimum Gasteiger partial charge on any atom is -0.338 e. The Bertz CT molecular complexity index is 247. The van der Waals surface area contributed by atoms with Gasteiger partial charge in [-0.05, 0) is 32.4 Å². The number of carbonyl (C=O) groups is 1. The molecule has 1 fully saturated rings. The number of rotatable bonds is 3.